The van der Waals surface area contributed by atoms with Crippen LogP contribution in [0.5, 0.6) is 0 Å². The number of hydrogen-bond donors (Lipinski definition) is 0. The zero-order valence-electron chi connectivity index (χ0n) is 13.8. The van der Waals surface area contributed by atoms with Crippen LogP contribution in [0.3, 0.4) is 0 Å². The summed E-state index contributed by atoms with van der Waals surface area (Å²) in [6, 6.07) is 0. The molecule has 0 aliphatic carbocycles. The number of nitrogens with zero attached hydrogens (tertiary/aromatic N) is 7. The second-order valence-electron chi connectivity index (χ2n) is 5.80. The van der Waals surface area contributed by atoms with Crippen molar-refractivity contribution in [1.29, 1.82) is 0 Å². The van der Waals surface area contributed by atoms with E-state index >= 15 is 0 Å². The predicted octanol–water partition coefficient (Wildman–Crippen LogP) is 1.96. The third-order valence-electron chi connectivity index (χ3n) is 4.70. The Kier molecular flexibility index (Phi) is 3.65. The third-order valence-corrected chi connectivity index (χ3v) is 5.89. The molecule has 122 valence electrons. The number of thiophene rings is 1. The molecular formula is C15H21N7S. The van der Waals surface area contributed by atoms with Gasteiger partial charge in [-0.1, -0.05) is 12.0 Å². The van der Waals surface area contributed by atoms with Gasteiger partial charge in [0.1, 0.15) is 10.6 Å². The van der Waals surface area contributed by atoms with E-state index in [1.807, 2.05) is 11.3 Å². The maximum Gasteiger partial charge on any atom is 0.276 e. The Morgan fingerprint density at radius 2 is 2.04 bits per heavy atom. The minimum Gasteiger partial charge on any atom is -0.356 e. The molecule has 0 amide bonds. The van der Waals surface area contributed by atoms with Crippen LogP contribution in [-0.4, -0.2) is 56.1 Å². The molecule has 0 aromatic carbocycles. The molecule has 3 aromatic heterocycles. The van der Waals surface area contributed by atoms with E-state index in [2.05, 4.69) is 46.1 Å². The largest absolute Gasteiger partial charge is 0.356 e. The number of aromatic nitrogens is 5. The van der Waals surface area contributed by atoms with Crippen molar-refractivity contribution in [1.82, 2.24) is 29.9 Å². The Morgan fingerprint density at radius 1 is 1.22 bits per heavy atom. The summed E-state index contributed by atoms with van der Waals surface area (Å²) in [5.41, 5.74) is 1.45. The lowest BCUT2D eigenvalue weighted by atomic mass is 10.0. The number of hydrogen-bond acceptors (Lipinski definition) is 7. The molecule has 4 rings (SSSR count). The fraction of sp³-hybridized carbons (Fsp3) is 0.600. The highest BCUT2D eigenvalue weighted by molar-refractivity contribution is 7.19. The summed E-state index contributed by atoms with van der Waals surface area (Å²) >= 11 is 1.82. The van der Waals surface area contributed by atoms with Crippen LogP contribution in [0.2, 0.25) is 0 Å². The van der Waals surface area contributed by atoms with Gasteiger partial charge in [-0.05, 0) is 42.8 Å². The molecule has 0 spiro atoms. The first-order valence-electron chi connectivity index (χ1n) is 8.26. The molecule has 0 saturated heterocycles. The number of tetrazole rings is 1. The fourth-order valence-electron chi connectivity index (χ4n) is 3.38. The number of anilines is 1. The van der Waals surface area contributed by atoms with Crippen molar-refractivity contribution < 1.29 is 0 Å². The zero-order chi connectivity index (χ0) is 16.0. The molecule has 4 heterocycles. The van der Waals surface area contributed by atoms with Crippen molar-refractivity contribution in [3.63, 3.8) is 0 Å². The van der Waals surface area contributed by atoms with Crippen LogP contribution in [0.25, 0.3) is 16.0 Å². The van der Waals surface area contributed by atoms with Gasteiger partial charge in [0.05, 0.1) is 5.39 Å². The lowest BCUT2D eigenvalue weighted by Crippen LogP contribution is -2.29. The summed E-state index contributed by atoms with van der Waals surface area (Å²) in [5, 5.41) is 13.3. The highest BCUT2D eigenvalue weighted by atomic mass is 32.1. The second kappa shape index (κ2) is 5.68. The average Bonchev–Trinajstić information content (AvgIpc) is 3.18. The molecule has 0 bridgehead atoms. The Morgan fingerprint density at radius 3 is 2.78 bits per heavy atom. The summed E-state index contributed by atoms with van der Waals surface area (Å²) < 4.78 is 1.79. The molecule has 0 unspecified atom stereocenters. The first-order chi connectivity index (χ1) is 11.3. The van der Waals surface area contributed by atoms with Crippen LogP contribution in [-0.2, 0) is 13.0 Å². The summed E-state index contributed by atoms with van der Waals surface area (Å²) in [6.07, 6.45) is 1.08. The molecule has 1 aliphatic rings. The quantitative estimate of drug-likeness (QED) is 0.728. The van der Waals surface area contributed by atoms with E-state index in [1.165, 1.54) is 15.8 Å². The average molecular weight is 331 g/mol. The maximum absolute atomic E-state index is 4.77. The van der Waals surface area contributed by atoms with Crippen LogP contribution >= 0.6 is 11.3 Å². The Bertz CT molecular complexity index is 848. The second-order valence-corrected chi connectivity index (χ2v) is 6.88. The van der Waals surface area contributed by atoms with Gasteiger partial charge in [-0.2, -0.15) is 9.50 Å². The molecule has 3 aromatic rings. The van der Waals surface area contributed by atoms with E-state index < -0.39 is 0 Å². The third kappa shape index (κ3) is 2.20. The first kappa shape index (κ1) is 14.8. The van der Waals surface area contributed by atoms with Crippen LogP contribution in [0.1, 0.15) is 31.2 Å². The fourth-order valence-corrected chi connectivity index (χ4v) is 4.71. The van der Waals surface area contributed by atoms with Gasteiger partial charge in [-0.15, -0.1) is 11.3 Å². The number of rotatable bonds is 4. The van der Waals surface area contributed by atoms with E-state index in [1.54, 1.807) is 4.52 Å². The number of likely N-dealkylation sites (N-methyl/N-ethyl adjacent to an activating group) is 1. The van der Waals surface area contributed by atoms with Crippen molar-refractivity contribution >= 4 is 33.1 Å². The van der Waals surface area contributed by atoms with Crippen molar-refractivity contribution in [2.45, 2.75) is 33.7 Å². The smallest absolute Gasteiger partial charge is 0.276 e. The predicted molar refractivity (Wildman–Crippen MR) is 92.2 cm³/mol. The van der Waals surface area contributed by atoms with Crippen molar-refractivity contribution in [3.8, 4) is 0 Å². The Balaban J connectivity index is 2.01. The lowest BCUT2D eigenvalue weighted by molar-refractivity contribution is 0.272. The van der Waals surface area contributed by atoms with E-state index in [4.69, 9.17) is 4.98 Å². The minimum absolute atomic E-state index is 0.588. The van der Waals surface area contributed by atoms with Gasteiger partial charge >= 0.3 is 0 Å². The van der Waals surface area contributed by atoms with E-state index in [0.717, 1.165) is 49.8 Å². The standard InChI is InChI=1S/C15H21N7S/c1-4-20-8-7-10-11(9-20)23-14-12(10)13(21(5-2)6-3)16-15-17-18-19-22(14)15/h4-9H2,1-3H3. The van der Waals surface area contributed by atoms with Crippen LogP contribution in [0.15, 0.2) is 0 Å². The van der Waals surface area contributed by atoms with Crippen LogP contribution < -0.4 is 4.90 Å². The summed E-state index contributed by atoms with van der Waals surface area (Å²) in [4.78, 5) is 12.1. The highest BCUT2D eigenvalue weighted by Gasteiger charge is 2.26. The molecule has 7 nitrogen and oxygen atoms in total. The molecule has 1 aliphatic heterocycles. The maximum atomic E-state index is 4.77. The van der Waals surface area contributed by atoms with Gasteiger partial charge in [0, 0.05) is 31.1 Å². The van der Waals surface area contributed by atoms with Crippen LogP contribution in [0.4, 0.5) is 5.82 Å². The van der Waals surface area contributed by atoms with Gasteiger partial charge in [-0.3, -0.25) is 4.90 Å². The van der Waals surface area contributed by atoms with Crippen molar-refractivity contribution in [2.24, 2.45) is 0 Å². The van der Waals surface area contributed by atoms with Gasteiger partial charge < -0.3 is 4.90 Å². The topological polar surface area (TPSA) is 62.5 Å². The zero-order valence-corrected chi connectivity index (χ0v) is 14.6. The molecule has 0 saturated carbocycles. The highest BCUT2D eigenvalue weighted by Crippen LogP contribution is 2.39. The normalized spacial score (nSPS) is 15.4. The summed E-state index contributed by atoms with van der Waals surface area (Å²) in [5.74, 6) is 1.63. The lowest BCUT2D eigenvalue weighted by Gasteiger charge is -2.26. The molecule has 0 atom stereocenters. The Labute approximate surface area is 138 Å². The van der Waals surface area contributed by atoms with Crippen LogP contribution in [0, 0.1) is 0 Å². The molecule has 8 heteroatoms. The number of fused-ring (bicyclic) bond motifs is 5. The molecule has 0 radical (unpaired) electrons. The van der Waals surface area contributed by atoms with Gasteiger partial charge in [0.15, 0.2) is 0 Å². The van der Waals surface area contributed by atoms with E-state index in [0.29, 0.717) is 5.78 Å². The van der Waals surface area contributed by atoms with Gasteiger partial charge in [-0.25, -0.2) is 0 Å². The molecule has 0 fully saturated rings. The van der Waals surface area contributed by atoms with E-state index in [-0.39, 0.29) is 0 Å². The minimum atomic E-state index is 0.588. The molecule has 23 heavy (non-hydrogen) atoms. The van der Waals surface area contributed by atoms with Gasteiger partial charge in [0.25, 0.3) is 5.78 Å². The van der Waals surface area contributed by atoms with Crippen molar-refractivity contribution in [3.05, 3.63) is 10.4 Å². The first-order valence-corrected chi connectivity index (χ1v) is 9.08. The Hall–Kier alpha value is -1.80. The summed E-state index contributed by atoms with van der Waals surface area (Å²) in [7, 11) is 0. The van der Waals surface area contributed by atoms with Gasteiger partial charge in [0.2, 0.25) is 0 Å². The molecular weight excluding hydrogens is 310 g/mol. The SMILES string of the molecule is CCN1CCc2c(sc3c2c(N(CC)CC)nc2nnnn23)C1. The van der Waals surface area contributed by atoms with Crippen molar-refractivity contribution in [2.75, 3.05) is 31.1 Å². The summed E-state index contributed by atoms with van der Waals surface area (Å²) in [6.45, 7) is 11.6. The monoisotopic (exact) mass is 331 g/mol. The molecule has 0 N–H and O–H groups in total. The van der Waals surface area contributed by atoms with E-state index in [9.17, 15) is 0 Å².